The van der Waals surface area contributed by atoms with Gasteiger partial charge in [-0.3, -0.25) is 14.9 Å². The van der Waals surface area contributed by atoms with Gasteiger partial charge in [0.1, 0.15) is 33.8 Å². The minimum atomic E-state index is -3.00. The van der Waals surface area contributed by atoms with Crippen molar-refractivity contribution in [3.63, 3.8) is 0 Å². The van der Waals surface area contributed by atoms with Crippen LogP contribution in [0.3, 0.4) is 0 Å². The van der Waals surface area contributed by atoms with Crippen LogP contribution in [0.15, 0.2) is 99.1 Å². The summed E-state index contributed by atoms with van der Waals surface area (Å²) < 4.78 is 47.7. The number of anilines is 1. The number of benzene rings is 2. The molecule has 0 fully saturated rings. The molecule has 0 saturated heterocycles. The SMILES string of the molecule is CS(=O)(=O)CCNCc1ccc(N2C=CC3C=NCC(=Nc4ccc(OCc5cccc(F)c5)cc4)C3=C2)o1. The molecule has 0 bridgehead atoms. The van der Waals surface area contributed by atoms with E-state index in [0.29, 0.717) is 37.0 Å². The van der Waals surface area contributed by atoms with Crippen LogP contribution in [0.5, 0.6) is 5.75 Å². The van der Waals surface area contributed by atoms with Crippen LogP contribution in [0.2, 0.25) is 0 Å². The van der Waals surface area contributed by atoms with E-state index in [9.17, 15) is 12.8 Å². The molecule has 0 amide bonds. The normalized spacial score (nSPS) is 17.8. The van der Waals surface area contributed by atoms with Gasteiger partial charge in [-0.2, -0.15) is 0 Å². The van der Waals surface area contributed by atoms with Gasteiger partial charge >= 0.3 is 0 Å². The Hall–Kier alpha value is -4.02. The lowest BCUT2D eigenvalue weighted by atomic mass is 9.92. The van der Waals surface area contributed by atoms with Gasteiger partial charge in [0, 0.05) is 49.0 Å². The van der Waals surface area contributed by atoms with Crippen LogP contribution in [0.25, 0.3) is 0 Å². The number of furan rings is 1. The van der Waals surface area contributed by atoms with Gasteiger partial charge in [-0.25, -0.2) is 12.8 Å². The Morgan fingerprint density at radius 1 is 1.18 bits per heavy atom. The first-order chi connectivity index (χ1) is 18.8. The summed E-state index contributed by atoms with van der Waals surface area (Å²) in [6.45, 7) is 1.55. The topological polar surface area (TPSA) is 96.5 Å². The molecular formula is C29H29FN4O4S. The molecule has 1 atom stereocenters. The molecule has 3 aromatic rings. The van der Waals surface area contributed by atoms with E-state index in [-0.39, 0.29) is 24.1 Å². The fourth-order valence-corrected chi connectivity index (χ4v) is 4.70. The Balaban J connectivity index is 1.24. The van der Waals surface area contributed by atoms with Crippen molar-refractivity contribution in [2.24, 2.45) is 15.9 Å². The highest BCUT2D eigenvalue weighted by Crippen LogP contribution is 2.29. The van der Waals surface area contributed by atoms with Crippen LogP contribution < -0.4 is 15.0 Å². The molecule has 10 heteroatoms. The molecule has 1 unspecified atom stereocenters. The van der Waals surface area contributed by atoms with Crippen LogP contribution in [-0.2, 0) is 23.0 Å². The van der Waals surface area contributed by atoms with Crippen molar-refractivity contribution in [1.29, 1.82) is 0 Å². The lowest BCUT2D eigenvalue weighted by Crippen LogP contribution is -2.27. The van der Waals surface area contributed by atoms with Gasteiger partial charge in [-0.1, -0.05) is 18.2 Å². The Bertz CT molecular complexity index is 1540. The number of halogens is 1. The number of allylic oxidation sites excluding steroid dienone is 1. The van der Waals surface area contributed by atoms with Crippen molar-refractivity contribution in [2.45, 2.75) is 13.2 Å². The summed E-state index contributed by atoms with van der Waals surface area (Å²) in [5.41, 5.74) is 3.43. The summed E-state index contributed by atoms with van der Waals surface area (Å²) in [5.74, 6) is 1.86. The van der Waals surface area contributed by atoms with Crippen LogP contribution in [-0.4, -0.2) is 45.4 Å². The molecule has 2 aromatic carbocycles. The van der Waals surface area contributed by atoms with E-state index >= 15 is 0 Å². The molecule has 3 heterocycles. The molecule has 0 saturated carbocycles. The lowest BCUT2D eigenvalue weighted by Gasteiger charge is -2.26. The van der Waals surface area contributed by atoms with Gasteiger partial charge < -0.3 is 14.5 Å². The highest BCUT2D eigenvalue weighted by molar-refractivity contribution is 7.90. The molecule has 5 rings (SSSR count). The standard InChI is InChI=1S/C29H29FN4O4S/c1-39(35,36)14-12-31-17-26-9-10-29(38-26)34-13-11-22-16-32-18-28(27(22)19-34)33-24-5-7-25(8-6-24)37-20-21-3-2-4-23(30)15-21/h2-11,13,15-16,19,22,31H,12,14,17-18,20H2,1H3. The number of ether oxygens (including phenoxy) is 1. The predicted octanol–water partition coefficient (Wildman–Crippen LogP) is 4.82. The van der Waals surface area contributed by atoms with E-state index in [1.807, 2.05) is 72.1 Å². The number of nitrogens with one attached hydrogen (secondary N) is 1. The number of hydrogen-bond donors (Lipinski definition) is 1. The lowest BCUT2D eigenvalue weighted by molar-refractivity contribution is 0.305. The highest BCUT2D eigenvalue weighted by Gasteiger charge is 2.24. The summed E-state index contributed by atoms with van der Waals surface area (Å²) in [4.78, 5) is 11.3. The molecule has 8 nitrogen and oxygen atoms in total. The third-order valence-electron chi connectivity index (χ3n) is 6.18. The molecule has 0 spiro atoms. The van der Waals surface area contributed by atoms with E-state index in [4.69, 9.17) is 14.1 Å². The third kappa shape index (κ3) is 7.30. The molecule has 39 heavy (non-hydrogen) atoms. The van der Waals surface area contributed by atoms with Crippen LogP contribution in [0, 0.1) is 11.7 Å². The fourth-order valence-electron chi connectivity index (χ4n) is 4.18. The van der Waals surface area contributed by atoms with Crippen LogP contribution in [0.4, 0.5) is 16.0 Å². The second-order valence-corrected chi connectivity index (χ2v) is 11.6. The molecule has 0 aliphatic carbocycles. The number of sulfone groups is 1. The van der Waals surface area contributed by atoms with E-state index in [1.165, 1.54) is 18.4 Å². The van der Waals surface area contributed by atoms with Gasteiger partial charge in [-0.15, -0.1) is 0 Å². The Kier molecular flexibility index (Phi) is 8.04. The van der Waals surface area contributed by atoms with E-state index in [2.05, 4.69) is 10.3 Å². The maximum Gasteiger partial charge on any atom is 0.203 e. The number of fused-ring (bicyclic) bond motifs is 1. The summed E-state index contributed by atoms with van der Waals surface area (Å²) in [6.07, 6.45) is 9.13. The summed E-state index contributed by atoms with van der Waals surface area (Å²) in [5, 5.41) is 3.09. The fraction of sp³-hybridized carbons (Fsp3) is 0.241. The zero-order valence-corrected chi connectivity index (χ0v) is 22.3. The number of hydrogen-bond acceptors (Lipinski definition) is 8. The first kappa shape index (κ1) is 26.6. The van der Waals surface area contributed by atoms with Crippen molar-refractivity contribution in [3.8, 4) is 5.75 Å². The monoisotopic (exact) mass is 548 g/mol. The first-order valence-corrected chi connectivity index (χ1v) is 14.6. The maximum atomic E-state index is 13.4. The summed E-state index contributed by atoms with van der Waals surface area (Å²) in [6, 6.07) is 17.6. The van der Waals surface area contributed by atoms with Gasteiger partial charge in [0.05, 0.1) is 30.2 Å². The molecule has 2 aliphatic heterocycles. The van der Waals surface area contributed by atoms with Gasteiger partial charge in [0.2, 0.25) is 5.88 Å². The van der Waals surface area contributed by atoms with Crippen molar-refractivity contribution in [3.05, 3.63) is 102 Å². The average Bonchev–Trinajstić information content (AvgIpc) is 3.39. The minimum Gasteiger partial charge on any atom is -0.489 e. The Morgan fingerprint density at radius 3 is 2.82 bits per heavy atom. The zero-order valence-electron chi connectivity index (χ0n) is 21.5. The second kappa shape index (κ2) is 11.8. The highest BCUT2D eigenvalue weighted by atomic mass is 32.2. The average molecular weight is 549 g/mol. The minimum absolute atomic E-state index is 0.0229. The van der Waals surface area contributed by atoms with Crippen molar-refractivity contribution in [2.75, 3.05) is 30.0 Å². The Morgan fingerprint density at radius 2 is 2.03 bits per heavy atom. The van der Waals surface area contributed by atoms with Crippen molar-refractivity contribution in [1.82, 2.24) is 5.32 Å². The van der Waals surface area contributed by atoms with Gasteiger partial charge in [0.15, 0.2) is 0 Å². The van der Waals surface area contributed by atoms with Gasteiger partial charge in [-0.05, 0) is 48.0 Å². The molecule has 1 N–H and O–H groups in total. The third-order valence-corrected chi connectivity index (χ3v) is 7.12. The summed E-state index contributed by atoms with van der Waals surface area (Å²) >= 11 is 0. The van der Waals surface area contributed by atoms with E-state index < -0.39 is 9.84 Å². The van der Waals surface area contributed by atoms with Crippen LogP contribution in [0.1, 0.15) is 11.3 Å². The Labute approximate surface area is 227 Å². The maximum absolute atomic E-state index is 13.4. The quantitative estimate of drug-likeness (QED) is 0.365. The first-order valence-electron chi connectivity index (χ1n) is 12.5. The number of nitrogens with zero attached hydrogens (tertiary/aromatic N) is 3. The molecule has 202 valence electrons. The van der Waals surface area contributed by atoms with Gasteiger partial charge in [0.25, 0.3) is 0 Å². The smallest absolute Gasteiger partial charge is 0.203 e. The number of rotatable bonds is 10. The van der Waals surface area contributed by atoms with E-state index in [1.54, 1.807) is 6.07 Å². The molecular weight excluding hydrogens is 519 g/mol. The van der Waals surface area contributed by atoms with Crippen molar-refractivity contribution >= 4 is 33.3 Å². The summed E-state index contributed by atoms with van der Waals surface area (Å²) in [7, 11) is -3.00. The second-order valence-electron chi connectivity index (χ2n) is 9.37. The molecule has 0 radical (unpaired) electrons. The van der Waals surface area contributed by atoms with Crippen molar-refractivity contribution < 1.29 is 22.0 Å². The molecule has 2 aliphatic rings. The van der Waals surface area contributed by atoms with Crippen LogP contribution >= 0.6 is 0 Å². The number of aliphatic imine (C=N–C) groups is 2. The van der Waals surface area contributed by atoms with E-state index in [0.717, 1.165) is 22.5 Å². The predicted molar refractivity (Wildman–Crippen MR) is 151 cm³/mol. The molecule has 1 aromatic heterocycles. The largest absolute Gasteiger partial charge is 0.489 e. The zero-order chi connectivity index (χ0) is 27.2.